The van der Waals surface area contributed by atoms with Gasteiger partial charge in [-0.1, -0.05) is 72.0 Å². The number of benzene rings is 3. The van der Waals surface area contributed by atoms with E-state index >= 15 is 0 Å². The van der Waals surface area contributed by atoms with Gasteiger partial charge < -0.3 is 9.47 Å². The van der Waals surface area contributed by atoms with Crippen LogP contribution in [0.5, 0.6) is 11.5 Å². The maximum absolute atomic E-state index is 13.1. The van der Waals surface area contributed by atoms with Crippen LogP contribution in [-0.4, -0.2) is 17.3 Å². The molecule has 1 aliphatic rings. The van der Waals surface area contributed by atoms with E-state index in [2.05, 4.69) is 0 Å². The van der Waals surface area contributed by atoms with Gasteiger partial charge in [-0.3, -0.25) is 9.69 Å². The number of nitrogens with zero attached hydrogens (tertiary/aromatic N) is 1. The molecule has 0 aliphatic carbocycles. The van der Waals surface area contributed by atoms with Gasteiger partial charge >= 0.3 is 0 Å². The second-order valence-electron chi connectivity index (χ2n) is 7.13. The lowest BCUT2D eigenvalue weighted by atomic mass is 10.1. The van der Waals surface area contributed by atoms with Crippen LogP contribution in [0.15, 0.2) is 71.6 Å². The molecule has 3 aromatic rings. The molecule has 4 rings (SSSR count). The number of rotatable bonds is 6. The fourth-order valence-electron chi connectivity index (χ4n) is 3.28. The first-order valence-electron chi connectivity index (χ1n) is 9.85. The highest BCUT2D eigenvalue weighted by atomic mass is 35.5. The molecule has 1 aliphatic heterocycles. The van der Waals surface area contributed by atoms with E-state index in [9.17, 15) is 4.79 Å². The molecule has 162 valence electrons. The van der Waals surface area contributed by atoms with Crippen LogP contribution in [0.25, 0.3) is 6.08 Å². The van der Waals surface area contributed by atoms with E-state index in [-0.39, 0.29) is 5.91 Å². The Hall–Kier alpha value is -2.80. The van der Waals surface area contributed by atoms with Crippen molar-refractivity contribution in [2.75, 3.05) is 12.0 Å². The number of carbonyl (C=O) groups is 1. The molecule has 0 N–H and O–H groups in total. The highest BCUT2D eigenvalue weighted by molar-refractivity contribution is 8.27. The van der Waals surface area contributed by atoms with Crippen LogP contribution in [0.2, 0.25) is 5.02 Å². The standard InChI is InChI=1S/C25H20ClNO3S2/c1-16-5-3-4-6-20(16)27-24(28)23(32-25(27)31)14-18-9-12-21(22(13-18)29-2)30-15-17-7-10-19(26)11-8-17/h3-14H,15H2,1-2H3/b23-14+. The molecule has 4 nitrogen and oxygen atoms in total. The van der Waals surface area contributed by atoms with E-state index in [0.717, 1.165) is 22.4 Å². The third kappa shape index (κ3) is 4.83. The molecule has 32 heavy (non-hydrogen) atoms. The summed E-state index contributed by atoms with van der Waals surface area (Å²) in [6.45, 7) is 2.35. The summed E-state index contributed by atoms with van der Waals surface area (Å²) in [6, 6.07) is 20.8. The Morgan fingerprint density at radius 2 is 1.81 bits per heavy atom. The number of methoxy groups -OCH3 is 1. The molecule has 1 fully saturated rings. The van der Waals surface area contributed by atoms with Crippen LogP contribution in [0.3, 0.4) is 0 Å². The van der Waals surface area contributed by atoms with Crippen LogP contribution in [0.4, 0.5) is 5.69 Å². The lowest BCUT2D eigenvalue weighted by Crippen LogP contribution is -2.28. The molecule has 1 amide bonds. The number of hydrogen-bond acceptors (Lipinski definition) is 5. The van der Waals surface area contributed by atoms with Crippen molar-refractivity contribution in [2.45, 2.75) is 13.5 Å². The topological polar surface area (TPSA) is 38.8 Å². The minimum absolute atomic E-state index is 0.128. The average molecular weight is 482 g/mol. The van der Waals surface area contributed by atoms with E-state index < -0.39 is 0 Å². The molecule has 0 saturated carbocycles. The molecule has 0 radical (unpaired) electrons. The number of carbonyl (C=O) groups excluding carboxylic acids is 1. The molecular formula is C25H20ClNO3S2. The monoisotopic (exact) mass is 481 g/mol. The molecule has 7 heteroatoms. The highest BCUT2D eigenvalue weighted by Gasteiger charge is 2.33. The Balaban J connectivity index is 1.54. The number of ether oxygens (including phenoxy) is 2. The Morgan fingerprint density at radius 1 is 1.06 bits per heavy atom. The first-order valence-corrected chi connectivity index (χ1v) is 11.5. The first kappa shape index (κ1) is 22.4. The number of thiocarbonyl (C=S) groups is 1. The van der Waals surface area contributed by atoms with Crippen LogP contribution >= 0.6 is 35.6 Å². The van der Waals surface area contributed by atoms with E-state index in [1.54, 1.807) is 12.0 Å². The van der Waals surface area contributed by atoms with Crippen molar-refractivity contribution in [1.82, 2.24) is 0 Å². The second-order valence-corrected chi connectivity index (χ2v) is 9.24. The summed E-state index contributed by atoms with van der Waals surface area (Å²) < 4.78 is 11.9. The zero-order valence-corrected chi connectivity index (χ0v) is 19.9. The van der Waals surface area contributed by atoms with Gasteiger partial charge in [-0.2, -0.15) is 0 Å². The minimum atomic E-state index is -0.128. The Morgan fingerprint density at radius 3 is 2.53 bits per heavy atom. The summed E-state index contributed by atoms with van der Waals surface area (Å²) in [5.41, 5.74) is 3.63. The first-order chi connectivity index (χ1) is 15.5. The molecule has 0 spiro atoms. The van der Waals surface area contributed by atoms with Gasteiger partial charge in [0.25, 0.3) is 5.91 Å². The molecule has 0 bridgehead atoms. The van der Waals surface area contributed by atoms with E-state index in [1.165, 1.54) is 11.8 Å². The number of aryl methyl sites for hydroxylation is 1. The number of amides is 1. The number of halogens is 1. The predicted molar refractivity (Wildman–Crippen MR) is 136 cm³/mol. The fourth-order valence-corrected chi connectivity index (χ4v) is 4.69. The van der Waals surface area contributed by atoms with Gasteiger partial charge in [0, 0.05) is 5.02 Å². The predicted octanol–water partition coefficient (Wildman–Crippen LogP) is 6.64. The summed E-state index contributed by atoms with van der Waals surface area (Å²) in [5, 5.41) is 0.684. The summed E-state index contributed by atoms with van der Waals surface area (Å²) in [5.74, 6) is 1.07. The fraction of sp³-hybridized carbons (Fsp3) is 0.120. The largest absolute Gasteiger partial charge is 0.493 e. The van der Waals surface area contributed by atoms with Crippen molar-refractivity contribution < 1.29 is 14.3 Å². The summed E-state index contributed by atoms with van der Waals surface area (Å²) >= 11 is 12.7. The summed E-state index contributed by atoms with van der Waals surface area (Å²) in [7, 11) is 1.59. The number of anilines is 1. The number of para-hydroxylation sites is 1. The van der Waals surface area contributed by atoms with Crippen molar-refractivity contribution in [3.05, 3.63) is 93.3 Å². The normalized spacial score (nSPS) is 14.8. The zero-order valence-electron chi connectivity index (χ0n) is 17.5. The lowest BCUT2D eigenvalue weighted by molar-refractivity contribution is -0.113. The van der Waals surface area contributed by atoms with Crippen molar-refractivity contribution in [2.24, 2.45) is 0 Å². The van der Waals surface area contributed by atoms with E-state index in [1.807, 2.05) is 79.7 Å². The van der Waals surface area contributed by atoms with E-state index in [0.29, 0.717) is 32.4 Å². The summed E-state index contributed by atoms with van der Waals surface area (Å²) in [4.78, 5) is 15.2. The third-order valence-electron chi connectivity index (χ3n) is 4.94. The SMILES string of the molecule is COc1cc(/C=C2/SC(=S)N(c3ccccc3C)C2=O)ccc1OCc1ccc(Cl)cc1. The highest BCUT2D eigenvalue weighted by Crippen LogP contribution is 2.38. The Labute approximate surface area is 201 Å². The van der Waals surface area contributed by atoms with Crippen LogP contribution in [0, 0.1) is 6.92 Å². The molecule has 3 aromatic carbocycles. The average Bonchev–Trinajstić information content (AvgIpc) is 3.07. The molecule has 0 aromatic heterocycles. The van der Waals surface area contributed by atoms with Crippen molar-refractivity contribution in [3.63, 3.8) is 0 Å². The number of hydrogen-bond donors (Lipinski definition) is 0. The molecule has 1 heterocycles. The molecular weight excluding hydrogens is 462 g/mol. The van der Waals surface area contributed by atoms with E-state index in [4.69, 9.17) is 33.3 Å². The molecule has 1 saturated heterocycles. The van der Waals surface area contributed by atoms with Gasteiger partial charge in [0.2, 0.25) is 0 Å². The molecule has 0 atom stereocenters. The Bertz CT molecular complexity index is 1210. The van der Waals surface area contributed by atoms with Crippen LogP contribution in [-0.2, 0) is 11.4 Å². The van der Waals surface area contributed by atoms with Gasteiger partial charge in [-0.05, 0) is 60.0 Å². The van der Waals surface area contributed by atoms with Gasteiger partial charge in [0.1, 0.15) is 6.61 Å². The van der Waals surface area contributed by atoms with Gasteiger partial charge in [0.05, 0.1) is 17.7 Å². The van der Waals surface area contributed by atoms with Gasteiger partial charge in [-0.15, -0.1) is 0 Å². The second kappa shape index (κ2) is 9.77. The Kier molecular flexibility index (Phi) is 6.84. The number of thioether (sulfide) groups is 1. The minimum Gasteiger partial charge on any atom is -0.493 e. The third-order valence-corrected chi connectivity index (χ3v) is 6.50. The maximum atomic E-state index is 13.1. The van der Waals surface area contributed by atoms with Crippen LogP contribution in [0.1, 0.15) is 16.7 Å². The van der Waals surface area contributed by atoms with Gasteiger partial charge in [0.15, 0.2) is 15.8 Å². The maximum Gasteiger partial charge on any atom is 0.270 e. The zero-order chi connectivity index (χ0) is 22.7. The quantitative estimate of drug-likeness (QED) is 0.291. The van der Waals surface area contributed by atoms with Crippen LogP contribution < -0.4 is 14.4 Å². The van der Waals surface area contributed by atoms with Gasteiger partial charge in [-0.25, -0.2) is 0 Å². The van der Waals surface area contributed by atoms with Crippen molar-refractivity contribution in [1.29, 1.82) is 0 Å². The molecule has 0 unspecified atom stereocenters. The summed E-state index contributed by atoms with van der Waals surface area (Å²) in [6.07, 6.45) is 1.82. The lowest BCUT2D eigenvalue weighted by Gasteiger charge is -2.16. The smallest absolute Gasteiger partial charge is 0.270 e. The van der Waals surface area contributed by atoms with Crippen molar-refractivity contribution in [3.8, 4) is 11.5 Å². The van der Waals surface area contributed by atoms with Crippen molar-refractivity contribution >= 4 is 57.6 Å².